The third kappa shape index (κ3) is 2.69. The van der Waals surface area contributed by atoms with E-state index in [2.05, 4.69) is 31.5 Å². The van der Waals surface area contributed by atoms with Crippen LogP contribution in [0.2, 0.25) is 5.02 Å². The van der Waals surface area contributed by atoms with Crippen LogP contribution in [0.1, 0.15) is 19.9 Å². The first kappa shape index (κ1) is 14.9. The van der Waals surface area contributed by atoms with Gasteiger partial charge in [-0.2, -0.15) is 0 Å². The van der Waals surface area contributed by atoms with Gasteiger partial charge in [-0.15, -0.1) is 5.10 Å². The summed E-state index contributed by atoms with van der Waals surface area (Å²) in [7, 11) is 0. The largest absolute Gasteiger partial charge is 0.481 e. The van der Waals surface area contributed by atoms with Crippen molar-refractivity contribution < 1.29 is 9.90 Å². The molecule has 2 unspecified atom stereocenters. The molecule has 106 valence electrons. The van der Waals surface area contributed by atoms with E-state index in [9.17, 15) is 4.79 Å². The number of carboxylic acid groups (broad SMARTS) is 1. The molecule has 2 aromatic rings. The van der Waals surface area contributed by atoms with Gasteiger partial charge in [-0.25, -0.2) is 4.68 Å². The summed E-state index contributed by atoms with van der Waals surface area (Å²) in [6, 6.07) is 5.01. The van der Waals surface area contributed by atoms with Gasteiger partial charge in [0.1, 0.15) is 0 Å². The SMILES string of the molecule is CC(C(=O)O)C(C)n1nnnc1-c1cccc(Br)c1Cl. The van der Waals surface area contributed by atoms with Gasteiger partial charge in [0.2, 0.25) is 0 Å². The average Bonchev–Trinajstić information content (AvgIpc) is 2.89. The minimum Gasteiger partial charge on any atom is -0.481 e. The Morgan fingerprint density at radius 3 is 2.80 bits per heavy atom. The number of hydrogen-bond donors (Lipinski definition) is 1. The molecule has 0 saturated heterocycles. The lowest BCUT2D eigenvalue weighted by molar-refractivity contribution is -0.142. The number of nitrogens with zero attached hydrogens (tertiary/aromatic N) is 4. The molecular formula is C12H12BrClN4O2. The molecule has 0 saturated carbocycles. The van der Waals surface area contributed by atoms with Crippen molar-refractivity contribution in [1.82, 2.24) is 20.2 Å². The molecule has 1 N–H and O–H groups in total. The number of aromatic nitrogens is 4. The Hall–Kier alpha value is -1.47. The number of hydrogen-bond acceptors (Lipinski definition) is 4. The van der Waals surface area contributed by atoms with Crippen molar-refractivity contribution >= 4 is 33.5 Å². The molecule has 20 heavy (non-hydrogen) atoms. The van der Waals surface area contributed by atoms with Crippen LogP contribution in [0.4, 0.5) is 0 Å². The summed E-state index contributed by atoms with van der Waals surface area (Å²) in [5.41, 5.74) is 0.649. The summed E-state index contributed by atoms with van der Waals surface area (Å²) < 4.78 is 2.21. The van der Waals surface area contributed by atoms with Crippen LogP contribution in [-0.2, 0) is 4.79 Å². The van der Waals surface area contributed by atoms with E-state index in [1.807, 2.05) is 12.1 Å². The van der Waals surface area contributed by atoms with Gasteiger partial charge < -0.3 is 5.11 Å². The summed E-state index contributed by atoms with van der Waals surface area (Å²) in [6.45, 7) is 3.37. The fraction of sp³-hybridized carbons (Fsp3) is 0.333. The summed E-state index contributed by atoms with van der Waals surface area (Å²) in [5, 5.41) is 21.0. The van der Waals surface area contributed by atoms with Crippen molar-refractivity contribution in [2.75, 3.05) is 0 Å². The molecule has 2 atom stereocenters. The second-order valence-electron chi connectivity index (χ2n) is 4.42. The number of carboxylic acids is 1. The van der Waals surface area contributed by atoms with Crippen molar-refractivity contribution in [1.29, 1.82) is 0 Å². The minimum atomic E-state index is -0.903. The fourth-order valence-electron chi connectivity index (χ4n) is 1.74. The van der Waals surface area contributed by atoms with Crippen molar-refractivity contribution in [2.45, 2.75) is 19.9 Å². The zero-order chi connectivity index (χ0) is 14.9. The van der Waals surface area contributed by atoms with Gasteiger partial charge >= 0.3 is 5.97 Å². The van der Waals surface area contributed by atoms with E-state index in [0.717, 1.165) is 4.47 Å². The number of aliphatic carboxylic acids is 1. The number of rotatable bonds is 4. The maximum atomic E-state index is 11.1. The molecule has 0 bridgehead atoms. The topological polar surface area (TPSA) is 80.9 Å². The van der Waals surface area contributed by atoms with Crippen LogP contribution in [0.5, 0.6) is 0 Å². The van der Waals surface area contributed by atoms with Gasteiger partial charge in [-0.1, -0.05) is 17.7 Å². The van der Waals surface area contributed by atoms with Crippen molar-refractivity contribution in [3.8, 4) is 11.4 Å². The Kier molecular flexibility index (Phi) is 4.39. The first-order valence-electron chi connectivity index (χ1n) is 5.88. The number of halogens is 2. The van der Waals surface area contributed by atoms with E-state index in [4.69, 9.17) is 16.7 Å². The molecule has 0 fully saturated rings. The molecular weight excluding hydrogens is 348 g/mol. The van der Waals surface area contributed by atoms with Gasteiger partial charge in [-0.3, -0.25) is 4.79 Å². The smallest absolute Gasteiger partial charge is 0.308 e. The highest BCUT2D eigenvalue weighted by molar-refractivity contribution is 9.10. The zero-order valence-corrected chi connectivity index (χ0v) is 13.1. The summed E-state index contributed by atoms with van der Waals surface area (Å²) in [5.74, 6) is -1.08. The molecule has 0 aliphatic carbocycles. The monoisotopic (exact) mass is 358 g/mol. The average molecular weight is 360 g/mol. The van der Waals surface area contributed by atoms with E-state index in [-0.39, 0.29) is 0 Å². The van der Waals surface area contributed by atoms with E-state index in [1.54, 1.807) is 19.9 Å². The van der Waals surface area contributed by atoms with Crippen LogP contribution in [0.3, 0.4) is 0 Å². The van der Waals surface area contributed by atoms with Crippen molar-refractivity contribution in [3.63, 3.8) is 0 Å². The molecule has 6 nitrogen and oxygen atoms in total. The Balaban J connectivity index is 2.48. The molecule has 1 aromatic carbocycles. The normalized spacial score (nSPS) is 14.0. The van der Waals surface area contributed by atoms with E-state index < -0.39 is 17.9 Å². The molecule has 0 radical (unpaired) electrons. The second kappa shape index (κ2) is 5.88. The second-order valence-corrected chi connectivity index (χ2v) is 5.65. The van der Waals surface area contributed by atoms with Gasteiger partial charge in [0.05, 0.1) is 17.0 Å². The van der Waals surface area contributed by atoms with Gasteiger partial charge in [0, 0.05) is 10.0 Å². The standard InChI is InChI=1S/C12H12BrClN4O2/c1-6(12(19)20)7(2)18-11(15-16-17-18)8-4-3-5-9(13)10(8)14/h3-7H,1-2H3,(H,19,20). The Labute approximate surface area is 128 Å². The Morgan fingerprint density at radius 1 is 1.45 bits per heavy atom. The third-order valence-corrected chi connectivity index (χ3v) is 4.48. The maximum Gasteiger partial charge on any atom is 0.308 e. The Bertz CT molecular complexity index is 646. The van der Waals surface area contributed by atoms with Crippen molar-refractivity contribution in [2.24, 2.45) is 5.92 Å². The van der Waals surface area contributed by atoms with Crippen LogP contribution < -0.4 is 0 Å². The zero-order valence-electron chi connectivity index (χ0n) is 10.8. The third-order valence-electron chi connectivity index (χ3n) is 3.18. The molecule has 0 aliphatic heterocycles. The van der Waals surface area contributed by atoms with E-state index in [1.165, 1.54) is 4.68 Å². The fourth-order valence-corrected chi connectivity index (χ4v) is 2.32. The lowest BCUT2D eigenvalue weighted by atomic mass is 10.0. The predicted octanol–water partition coefficient (Wildman–Crippen LogP) is 3.04. The minimum absolute atomic E-state index is 0.396. The van der Waals surface area contributed by atoms with Gasteiger partial charge in [0.25, 0.3) is 0 Å². The summed E-state index contributed by atoms with van der Waals surface area (Å²) in [4.78, 5) is 11.1. The van der Waals surface area contributed by atoms with Crippen LogP contribution in [-0.4, -0.2) is 31.3 Å². The maximum absolute atomic E-state index is 11.1. The quantitative estimate of drug-likeness (QED) is 0.907. The van der Waals surface area contributed by atoms with Gasteiger partial charge in [-0.05, 0) is 52.3 Å². The number of carbonyl (C=O) groups is 1. The highest BCUT2D eigenvalue weighted by Crippen LogP contribution is 2.33. The first-order chi connectivity index (χ1) is 9.43. The summed E-state index contributed by atoms with van der Waals surface area (Å²) in [6.07, 6.45) is 0. The first-order valence-corrected chi connectivity index (χ1v) is 7.05. The molecule has 0 amide bonds. The van der Waals surface area contributed by atoms with Gasteiger partial charge in [0.15, 0.2) is 5.82 Å². The van der Waals surface area contributed by atoms with Crippen LogP contribution in [0.25, 0.3) is 11.4 Å². The van der Waals surface area contributed by atoms with E-state index >= 15 is 0 Å². The highest BCUT2D eigenvalue weighted by Gasteiger charge is 2.25. The van der Waals surface area contributed by atoms with Crippen molar-refractivity contribution in [3.05, 3.63) is 27.7 Å². The lowest BCUT2D eigenvalue weighted by Gasteiger charge is -2.17. The predicted molar refractivity (Wildman–Crippen MR) is 77.5 cm³/mol. The Morgan fingerprint density at radius 2 is 2.15 bits per heavy atom. The molecule has 0 aliphatic rings. The van der Waals surface area contributed by atoms with Crippen LogP contribution in [0.15, 0.2) is 22.7 Å². The number of tetrazole rings is 1. The molecule has 1 aromatic heterocycles. The lowest BCUT2D eigenvalue weighted by Crippen LogP contribution is -2.23. The molecule has 2 rings (SSSR count). The highest BCUT2D eigenvalue weighted by atomic mass is 79.9. The molecule has 0 spiro atoms. The number of benzene rings is 1. The summed E-state index contributed by atoms with van der Waals surface area (Å²) >= 11 is 9.57. The molecule has 8 heteroatoms. The molecule has 1 heterocycles. The van der Waals surface area contributed by atoms with Crippen LogP contribution in [0, 0.1) is 5.92 Å². The van der Waals surface area contributed by atoms with E-state index in [0.29, 0.717) is 16.4 Å². The van der Waals surface area contributed by atoms with Crippen LogP contribution >= 0.6 is 27.5 Å².